The summed E-state index contributed by atoms with van der Waals surface area (Å²) >= 11 is 0. The first kappa shape index (κ1) is 44.4. The molecule has 0 saturated carbocycles. The van der Waals surface area contributed by atoms with Crippen molar-refractivity contribution in [1.82, 2.24) is 40.4 Å². The molecule has 2 aromatic carbocycles. The Bertz CT molecular complexity index is 2270. The molecule has 4 aromatic rings. The average molecular weight is 849 g/mol. The summed E-state index contributed by atoms with van der Waals surface area (Å²) in [5.41, 5.74) is 7.65. The van der Waals surface area contributed by atoms with Crippen molar-refractivity contribution in [2.75, 3.05) is 27.3 Å². The number of piperidine rings is 2. The SMILES string of the molecule is CCC(NC(=O)OC)C(=O)N1CCCCC1(C)c1ncc(-c2ccc(-c3ccc(-c4cnc(C5(C)CCC(C)CN5C(=O)C(NC(=O)OC)C(C)C)[nH]4)cc3)c3c2CCCC3)[nH]1. The third kappa shape index (κ3) is 8.57. The highest BCUT2D eigenvalue weighted by molar-refractivity contribution is 5.87. The van der Waals surface area contributed by atoms with Crippen LogP contribution in [0.4, 0.5) is 9.59 Å². The number of hydrogen-bond acceptors (Lipinski definition) is 8. The van der Waals surface area contributed by atoms with Crippen LogP contribution in [0.1, 0.15) is 116 Å². The number of carbonyl (C=O) groups is 4. The summed E-state index contributed by atoms with van der Waals surface area (Å²) in [6, 6.07) is 11.6. The van der Waals surface area contributed by atoms with E-state index in [0.717, 1.165) is 97.5 Å². The number of fused-ring (bicyclic) bond motifs is 1. The van der Waals surface area contributed by atoms with Gasteiger partial charge in [-0.3, -0.25) is 9.59 Å². The smallest absolute Gasteiger partial charge is 0.407 e. The third-order valence-electron chi connectivity index (χ3n) is 13.7. The number of amides is 4. The van der Waals surface area contributed by atoms with E-state index in [1.54, 1.807) is 0 Å². The first-order valence-electron chi connectivity index (χ1n) is 22.4. The molecular weight excluding hydrogens is 785 g/mol. The van der Waals surface area contributed by atoms with Gasteiger partial charge in [-0.2, -0.15) is 0 Å². The fourth-order valence-electron chi connectivity index (χ4n) is 9.86. The molecule has 2 aromatic heterocycles. The number of likely N-dealkylation sites (tertiary alicyclic amines) is 2. The second-order valence-corrected chi connectivity index (χ2v) is 18.2. The van der Waals surface area contributed by atoms with Gasteiger partial charge >= 0.3 is 12.2 Å². The molecule has 2 aliphatic heterocycles. The van der Waals surface area contributed by atoms with Gasteiger partial charge in [0.1, 0.15) is 23.7 Å². The van der Waals surface area contributed by atoms with Gasteiger partial charge in [-0.25, -0.2) is 19.6 Å². The van der Waals surface area contributed by atoms with E-state index < -0.39 is 35.3 Å². The van der Waals surface area contributed by atoms with Crippen LogP contribution in [0.15, 0.2) is 48.8 Å². The molecule has 0 spiro atoms. The lowest BCUT2D eigenvalue weighted by molar-refractivity contribution is -0.145. The van der Waals surface area contributed by atoms with Gasteiger partial charge in [0.05, 0.1) is 49.1 Å². The zero-order chi connectivity index (χ0) is 44.3. The third-order valence-corrected chi connectivity index (χ3v) is 13.7. The predicted molar refractivity (Wildman–Crippen MR) is 238 cm³/mol. The van der Waals surface area contributed by atoms with Crippen molar-refractivity contribution in [2.24, 2.45) is 11.8 Å². The Morgan fingerprint density at radius 1 is 0.758 bits per heavy atom. The largest absolute Gasteiger partial charge is 0.453 e. The van der Waals surface area contributed by atoms with E-state index in [0.29, 0.717) is 25.4 Å². The predicted octanol–water partition coefficient (Wildman–Crippen LogP) is 8.23. The number of aromatic amines is 2. The Morgan fingerprint density at radius 3 is 1.98 bits per heavy atom. The Kier molecular flexibility index (Phi) is 13.1. The van der Waals surface area contributed by atoms with Crippen LogP contribution in [-0.2, 0) is 43.0 Å². The molecule has 4 heterocycles. The maximum Gasteiger partial charge on any atom is 0.407 e. The number of nitrogens with zero attached hydrogens (tertiary/aromatic N) is 4. The highest BCUT2D eigenvalue weighted by Crippen LogP contribution is 2.42. The van der Waals surface area contributed by atoms with Crippen molar-refractivity contribution in [2.45, 2.75) is 129 Å². The monoisotopic (exact) mass is 848 g/mol. The van der Waals surface area contributed by atoms with Crippen LogP contribution in [0, 0.1) is 11.8 Å². The lowest BCUT2D eigenvalue weighted by atomic mass is 9.82. The Labute approximate surface area is 365 Å². The van der Waals surface area contributed by atoms with E-state index in [9.17, 15) is 19.2 Å². The summed E-state index contributed by atoms with van der Waals surface area (Å²) in [4.78, 5) is 73.1. The molecule has 14 nitrogen and oxygen atoms in total. The van der Waals surface area contributed by atoms with Crippen LogP contribution >= 0.6 is 0 Å². The van der Waals surface area contributed by atoms with Gasteiger partial charge in [0, 0.05) is 18.7 Å². The highest BCUT2D eigenvalue weighted by atomic mass is 16.5. The average Bonchev–Trinajstić information content (AvgIpc) is 4.00. The van der Waals surface area contributed by atoms with Gasteiger partial charge < -0.3 is 39.9 Å². The number of methoxy groups -OCH3 is 2. The molecule has 5 unspecified atom stereocenters. The number of aromatic nitrogens is 4. The minimum absolute atomic E-state index is 0.128. The minimum Gasteiger partial charge on any atom is -0.453 e. The fraction of sp³-hybridized carbons (Fsp3) is 0.542. The van der Waals surface area contributed by atoms with Gasteiger partial charge in [-0.1, -0.05) is 64.1 Å². The van der Waals surface area contributed by atoms with E-state index in [1.807, 2.05) is 43.0 Å². The molecular formula is C48H64N8O6. The number of alkyl carbamates (subject to hydrolysis) is 2. The molecule has 5 atom stereocenters. The highest BCUT2D eigenvalue weighted by Gasteiger charge is 2.46. The molecule has 4 amide bonds. The van der Waals surface area contributed by atoms with Gasteiger partial charge in [-0.05, 0) is 118 Å². The van der Waals surface area contributed by atoms with Gasteiger partial charge in [0.25, 0.3) is 0 Å². The van der Waals surface area contributed by atoms with Crippen molar-refractivity contribution < 1.29 is 28.7 Å². The molecule has 14 heteroatoms. The number of benzene rings is 2. The molecule has 0 bridgehead atoms. The zero-order valence-electron chi connectivity index (χ0n) is 37.7. The molecule has 1 aliphatic carbocycles. The van der Waals surface area contributed by atoms with E-state index >= 15 is 0 Å². The van der Waals surface area contributed by atoms with Crippen LogP contribution in [0.25, 0.3) is 33.6 Å². The van der Waals surface area contributed by atoms with Crippen molar-refractivity contribution in [3.8, 4) is 33.6 Å². The summed E-state index contributed by atoms with van der Waals surface area (Å²) in [5, 5.41) is 5.48. The first-order chi connectivity index (χ1) is 29.7. The summed E-state index contributed by atoms with van der Waals surface area (Å²) in [5.74, 6) is 1.38. The van der Waals surface area contributed by atoms with E-state index in [4.69, 9.17) is 19.4 Å². The number of H-pyrrole nitrogens is 2. The first-order valence-corrected chi connectivity index (χ1v) is 22.4. The van der Waals surface area contributed by atoms with Crippen LogP contribution in [0.5, 0.6) is 0 Å². The Morgan fingerprint density at radius 2 is 1.34 bits per heavy atom. The van der Waals surface area contributed by atoms with Gasteiger partial charge in [-0.15, -0.1) is 0 Å². The normalized spacial score (nSPS) is 22.4. The molecule has 7 rings (SSSR count). The van der Waals surface area contributed by atoms with E-state index in [1.165, 1.54) is 30.9 Å². The maximum absolute atomic E-state index is 14.1. The van der Waals surface area contributed by atoms with Crippen molar-refractivity contribution in [1.29, 1.82) is 0 Å². The second-order valence-electron chi connectivity index (χ2n) is 18.2. The molecule has 2 fully saturated rings. The maximum atomic E-state index is 14.1. The fourth-order valence-corrected chi connectivity index (χ4v) is 9.86. The Hall–Kier alpha value is -5.66. The lowest BCUT2D eigenvalue weighted by Crippen LogP contribution is -2.60. The molecule has 4 N–H and O–H groups in total. The number of hydrogen-bond donors (Lipinski definition) is 4. The standard InChI is InChI=1S/C48H64N8O6/c1-9-37(53-45(59)61-7)41(57)55-25-13-12-23-47(55,5)43-50-27-39(52-43)36-21-20-33(34-14-10-11-15-35(34)36)31-16-18-32(19-17-31)38-26-49-44(51-38)48(6)24-22-30(4)28-56(48)42(58)40(29(2)3)54-46(60)62-8/h16-21,26-27,29-30,37,40H,9-15,22-25,28H2,1-8H3,(H,49,51)(H,50,52)(H,53,59)(H,54,60). The topological polar surface area (TPSA) is 175 Å². The van der Waals surface area contributed by atoms with E-state index in [2.05, 4.69) is 77.8 Å². The zero-order valence-corrected chi connectivity index (χ0v) is 37.7. The van der Waals surface area contributed by atoms with Crippen LogP contribution in [0.2, 0.25) is 0 Å². The van der Waals surface area contributed by atoms with Crippen molar-refractivity contribution >= 4 is 24.0 Å². The van der Waals surface area contributed by atoms with Gasteiger partial charge in [0.2, 0.25) is 11.8 Å². The summed E-state index contributed by atoms with van der Waals surface area (Å²) in [6.07, 6.45) is 11.5. The summed E-state index contributed by atoms with van der Waals surface area (Å²) < 4.78 is 9.66. The number of nitrogens with one attached hydrogen (secondary N) is 4. The lowest BCUT2D eigenvalue weighted by Gasteiger charge is -2.47. The number of carbonyl (C=O) groups excluding carboxylic acids is 4. The molecule has 332 valence electrons. The van der Waals surface area contributed by atoms with E-state index in [-0.39, 0.29) is 17.7 Å². The van der Waals surface area contributed by atoms with Gasteiger partial charge in [0.15, 0.2) is 0 Å². The molecule has 0 radical (unpaired) electrons. The van der Waals surface area contributed by atoms with Crippen LogP contribution < -0.4 is 10.6 Å². The second kappa shape index (κ2) is 18.4. The summed E-state index contributed by atoms with van der Waals surface area (Å²) in [7, 11) is 2.61. The quantitative estimate of drug-likeness (QED) is 0.117. The molecule has 62 heavy (non-hydrogen) atoms. The van der Waals surface area contributed by atoms with Crippen LogP contribution in [0.3, 0.4) is 0 Å². The minimum atomic E-state index is -0.725. The Balaban J connectivity index is 1.13. The number of rotatable bonds is 11. The van der Waals surface area contributed by atoms with Crippen molar-refractivity contribution in [3.63, 3.8) is 0 Å². The molecule has 2 saturated heterocycles. The number of imidazole rings is 2. The molecule has 3 aliphatic rings. The summed E-state index contributed by atoms with van der Waals surface area (Å²) in [6.45, 7) is 13.2. The number of ether oxygens (including phenoxy) is 2. The van der Waals surface area contributed by atoms with Crippen LogP contribution in [-0.4, -0.2) is 93.1 Å². The van der Waals surface area contributed by atoms with Crippen molar-refractivity contribution in [3.05, 3.63) is 71.6 Å².